The fraction of sp³-hybridized carbons (Fsp3) is 0.875. The molecule has 0 unspecified atom stereocenters. The van der Waals surface area contributed by atoms with Crippen molar-refractivity contribution in [2.24, 2.45) is 0 Å². The Morgan fingerprint density at radius 3 is 2.75 bits per heavy atom. The first-order valence-electron chi connectivity index (χ1n) is 4.26. The highest BCUT2D eigenvalue weighted by Crippen LogP contribution is 2.16. The second-order valence-corrected chi connectivity index (χ2v) is 4.91. The summed E-state index contributed by atoms with van der Waals surface area (Å²) in [6.45, 7) is 0. The lowest BCUT2D eigenvalue weighted by atomic mass is 10.1. The molecule has 70 valence electrons. The summed E-state index contributed by atoms with van der Waals surface area (Å²) in [4.78, 5) is 11.2. The van der Waals surface area contributed by atoms with E-state index in [-0.39, 0.29) is 5.91 Å². The summed E-state index contributed by atoms with van der Waals surface area (Å²) >= 11 is 5.23. The molecule has 4 heteroatoms. The zero-order valence-corrected chi connectivity index (χ0v) is 9.42. The number of hydrogen-bond donors (Lipinski definition) is 1. The number of carbonyl (C=O) groups excluding carboxylic acids is 1. The molecule has 2 nitrogen and oxygen atoms in total. The number of amides is 1. The lowest BCUT2D eigenvalue weighted by Gasteiger charge is -2.22. The molecule has 1 heterocycles. The Labute approximate surface area is 86.0 Å². The van der Waals surface area contributed by atoms with E-state index in [0.717, 1.165) is 18.2 Å². The van der Waals surface area contributed by atoms with Gasteiger partial charge in [0.25, 0.3) is 0 Å². The van der Waals surface area contributed by atoms with Crippen molar-refractivity contribution in [3.05, 3.63) is 0 Å². The van der Waals surface area contributed by atoms with Crippen LogP contribution in [0.1, 0.15) is 19.3 Å². The zero-order chi connectivity index (χ0) is 8.81. The van der Waals surface area contributed by atoms with Crippen molar-refractivity contribution in [2.45, 2.75) is 25.3 Å². The second kappa shape index (κ2) is 5.86. The smallest absolute Gasteiger partial charge is 0.221 e. The Hall–Kier alpha value is 0.300. The Morgan fingerprint density at radius 1 is 1.50 bits per heavy atom. The highest BCUT2D eigenvalue weighted by Gasteiger charge is 2.14. The van der Waals surface area contributed by atoms with Gasteiger partial charge in [-0.2, -0.15) is 11.8 Å². The van der Waals surface area contributed by atoms with Crippen LogP contribution >= 0.6 is 27.7 Å². The molecule has 1 amide bonds. The molecule has 0 spiro atoms. The quantitative estimate of drug-likeness (QED) is 0.776. The maximum Gasteiger partial charge on any atom is 0.221 e. The summed E-state index contributed by atoms with van der Waals surface area (Å²) in [5, 5.41) is 3.80. The number of rotatable bonds is 3. The van der Waals surface area contributed by atoms with Crippen LogP contribution in [0.5, 0.6) is 0 Å². The summed E-state index contributed by atoms with van der Waals surface area (Å²) in [5.41, 5.74) is 0. The summed E-state index contributed by atoms with van der Waals surface area (Å²) < 4.78 is 0. The molecule has 12 heavy (non-hydrogen) atoms. The van der Waals surface area contributed by atoms with Crippen LogP contribution in [0.25, 0.3) is 0 Å². The van der Waals surface area contributed by atoms with E-state index in [1.807, 2.05) is 11.8 Å². The number of alkyl halides is 1. The van der Waals surface area contributed by atoms with Gasteiger partial charge in [0, 0.05) is 17.8 Å². The number of halogens is 1. The van der Waals surface area contributed by atoms with Gasteiger partial charge in [-0.3, -0.25) is 4.79 Å². The SMILES string of the molecule is O=C(CCBr)NC1CCSCC1. The lowest BCUT2D eigenvalue weighted by Crippen LogP contribution is -2.37. The maximum absolute atomic E-state index is 11.2. The highest BCUT2D eigenvalue weighted by atomic mass is 79.9. The van der Waals surface area contributed by atoms with Crippen LogP contribution in [0, 0.1) is 0 Å². The van der Waals surface area contributed by atoms with Gasteiger partial charge in [-0.15, -0.1) is 0 Å². The van der Waals surface area contributed by atoms with Crippen molar-refractivity contribution in [1.29, 1.82) is 0 Å². The Balaban J connectivity index is 2.15. The van der Waals surface area contributed by atoms with Gasteiger partial charge in [-0.05, 0) is 24.3 Å². The van der Waals surface area contributed by atoms with Crippen LogP contribution in [0.4, 0.5) is 0 Å². The standard InChI is InChI=1S/C8H14BrNOS/c9-4-1-8(11)10-7-2-5-12-6-3-7/h7H,1-6H2,(H,10,11). The fourth-order valence-corrected chi connectivity index (χ4v) is 2.69. The van der Waals surface area contributed by atoms with Gasteiger partial charge in [-0.1, -0.05) is 15.9 Å². The largest absolute Gasteiger partial charge is 0.353 e. The first kappa shape index (κ1) is 10.4. The van der Waals surface area contributed by atoms with Crippen molar-refractivity contribution in [3.8, 4) is 0 Å². The fourth-order valence-electron chi connectivity index (χ4n) is 1.23. The van der Waals surface area contributed by atoms with E-state index >= 15 is 0 Å². The van der Waals surface area contributed by atoms with Gasteiger partial charge >= 0.3 is 0 Å². The van der Waals surface area contributed by atoms with Gasteiger partial charge < -0.3 is 5.32 Å². The Bertz CT molecular complexity index is 148. The molecule has 1 aliphatic heterocycles. The van der Waals surface area contributed by atoms with Gasteiger partial charge in [0.2, 0.25) is 5.91 Å². The van der Waals surface area contributed by atoms with Gasteiger partial charge in [0.05, 0.1) is 0 Å². The van der Waals surface area contributed by atoms with Crippen molar-refractivity contribution in [2.75, 3.05) is 16.8 Å². The monoisotopic (exact) mass is 251 g/mol. The second-order valence-electron chi connectivity index (χ2n) is 2.89. The minimum atomic E-state index is 0.184. The molecule has 1 saturated heterocycles. The molecule has 0 bridgehead atoms. The van der Waals surface area contributed by atoms with Crippen molar-refractivity contribution in [1.82, 2.24) is 5.32 Å². The molecule has 0 saturated carbocycles. The Kier molecular flexibility index (Phi) is 5.07. The molecular formula is C8H14BrNOS. The van der Waals surface area contributed by atoms with Crippen LogP contribution in [0.15, 0.2) is 0 Å². The van der Waals surface area contributed by atoms with E-state index in [9.17, 15) is 4.79 Å². The van der Waals surface area contributed by atoms with E-state index < -0.39 is 0 Å². The maximum atomic E-state index is 11.2. The predicted molar refractivity (Wildman–Crippen MR) is 56.9 cm³/mol. The summed E-state index contributed by atoms with van der Waals surface area (Å²) in [6, 6.07) is 0.442. The van der Waals surface area contributed by atoms with Gasteiger partial charge in [0.1, 0.15) is 0 Å². The number of hydrogen-bond acceptors (Lipinski definition) is 2. The molecule has 1 rings (SSSR count). The number of carbonyl (C=O) groups is 1. The van der Waals surface area contributed by atoms with Crippen LogP contribution in [-0.4, -0.2) is 28.8 Å². The van der Waals surface area contributed by atoms with E-state index in [4.69, 9.17) is 0 Å². The minimum absolute atomic E-state index is 0.184. The van der Waals surface area contributed by atoms with Gasteiger partial charge in [0.15, 0.2) is 0 Å². The highest BCUT2D eigenvalue weighted by molar-refractivity contribution is 9.09. The molecule has 1 aliphatic rings. The zero-order valence-electron chi connectivity index (χ0n) is 7.01. The van der Waals surface area contributed by atoms with Crippen molar-refractivity contribution in [3.63, 3.8) is 0 Å². The normalized spacial score (nSPS) is 19.1. The number of nitrogens with one attached hydrogen (secondary N) is 1. The molecule has 1 fully saturated rings. The van der Waals surface area contributed by atoms with Crippen LogP contribution < -0.4 is 5.32 Å². The summed E-state index contributed by atoms with van der Waals surface area (Å²) in [6.07, 6.45) is 2.88. The molecule has 0 aliphatic carbocycles. The van der Waals surface area contributed by atoms with Crippen molar-refractivity contribution >= 4 is 33.6 Å². The summed E-state index contributed by atoms with van der Waals surface area (Å²) in [5.74, 6) is 2.57. The van der Waals surface area contributed by atoms with Gasteiger partial charge in [-0.25, -0.2) is 0 Å². The molecule has 1 N–H and O–H groups in total. The predicted octanol–water partition coefficient (Wildman–Crippen LogP) is 1.78. The molecule has 0 aromatic carbocycles. The lowest BCUT2D eigenvalue weighted by molar-refractivity contribution is -0.121. The molecule has 0 radical (unpaired) electrons. The third kappa shape index (κ3) is 3.81. The Morgan fingerprint density at radius 2 is 2.17 bits per heavy atom. The molecular weight excluding hydrogens is 238 g/mol. The first-order valence-corrected chi connectivity index (χ1v) is 6.53. The van der Waals surface area contributed by atoms with Crippen molar-refractivity contribution < 1.29 is 4.79 Å². The summed E-state index contributed by atoms with van der Waals surface area (Å²) in [7, 11) is 0. The average molecular weight is 252 g/mol. The minimum Gasteiger partial charge on any atom is -0.353 e. The number of thioether (sulfide) groups is 1. The molecule has 0 aromatic heterocycles. The average Bonchev–Trinajstić information content (AvgIpc) is 2.06. The third-order valence-corrected chi connectivity index (χ3v) is 3.35. The molecule has 0 aromatic rings. The van der Waals surface area contributed by atoms with E-state index in [1.54, 1.807) is 0 Å². The van der Waals surface area contributed by atoms with Crippen LogP contribution in [-0.2, 0) is 4.79 Å². The molecule has 0 atom stereocenters. The third-order valence-electron chi connectivity index (χ3n) is 1.91. The van der Waals surface area contributed by atoms with Crippen LogP contribution in [0.2, 0.25) is 0 Å². The van der Waals surface area contributed by atoms with E-state index in [0.29, 0.717) is 12.5 Å². The van der Waals surface area contributed by atoms with E-state index in [2.05, 4.69) is 21.2 Å². The van der Waals surface area contributed by atoms with Crippen LogP contribution in [0.3, 0.4) is 0 Å². The topological polar surface area (TPSA) is 29.1 Å². The van der Waals surface area contributed by atoms with E-state index in [1.165, 1.54) is 11.5 Å². The first-order chi connectivity index (χ1) is 5.83.